The third-order valence-corrected chi connectivity index (χ3v) is 1.19. The monoisotopic (exact) mass is 190 g/mol. The van der Waals surface area contributed by atoms with Gasteiger partial charge in [-0.3, -0.25) is 4.79 Å². The highest BCUT2D eigenvalue weighted by Gasteiger charge is 1.93. The second kappa shape index (κ2) is 5.57. The first-order valence-electron chi connectivity index (χ1n) is 2.51. The minimum Gasteiger partial charge on any atom is -0.354 e. The summed E-state index contributed by atoms with van der Waals surface area (Å²) in [6.07, 6.45) is 0.374. The molecule has 0 saturated carbocycles. The van der Waals surface area contributed by atoms with Crippen LogP contribution in [0.5, 0.6) is 0 Å². The smallest absolute Gasteiger partial charge is 0.230 e. The zero-order chi connectivity index (χ0) is 7.11. The Kier molecular flexibility index (Phi) is 5.23. The SMILES string of the molecule is N#CCCNC(=O)CBr. The van der Waals surface area contributed by atoms with Gasteiger partial charge in [0.2, 0.25) is 5.91 Å². The normalized spacial score (nSPS) is 8.00. The average Bonchev–Trinajstić information content (AvgIpc) is 1.89. The number of alkyl halides is 1. The molecule has 0 atom stereocenters. The number of amides is 1. The number of carbonyl (C=O) groups is 1. The molecule has 50 valence electrons. The number of nitrogens with zero attached hydrogens (tertiary/aromatic N) is 1. The van der Waals surface area contributed by atoms with Crippen molar-refractivity contribution in [2.75, 3.05) is 11.9 Å². The third kappa shape index (κ3) is 5.31. The molecule has 0 aromatic rings. The molecular formula is C5H7BrN2O. The Labute approximate surface area is 62.2 Å². The average molecular weight is 191 g/mol. The number of nitriles is 1. The lowest BCUT2D eigenvalue weighted by Gasteiger charge is -1.95. The Balaban J connectivity index is 3.09. The zero-order valence-corrected chi connectivity index (χ0v) is 6.44. The first kappa shape index (κ1) is 8.44. The van der Waals surface area contributed by atoms with Crippen LogP contribution in [-0.2, 0) is 4.79 Å². The molecule has 0 bridgehead atoms. The summed E-state index contributed by atoms with van der Waals surface area (Å²) in [4.78, 5) is 10.4. The zero-order valence-electron chi connectivity index (χ0n) is 4.85. The lowest BCUT2D eigenvalue weighted by molar-refractivity contribution is -0.118. The second-order valence-corrected chi connectivity index (χ2v) is 1.95. The molecule has 0 heterocycles. The molecule has 0 aromatic heterocycles. The van der Waals surface area contributed by atoms with Gasteiger partial charge in [0.1, 0.15) is 0 Å². The molecule has 0 aliphatic heterocycles. The van der Waals surface area contributed by atoms with Crippen molar-refractivity contribution in [3.63, 3.8) is 0 Å². The summed E-state index contributed by atoms with van der Waals surface area (Å²) in [6.45, 7) is 0.445. The van der Waals surface area contributed by atoms with Crippen molar-refractivity contribution in [1.29, 1.82) is 5.26 Å². The Morgan fingerprint density at radius 3 is 2.89 bits per heavy atom. The van der Waals surface area contributed by atoms with Crippen molar-refractivity contribution in [3.8, 4) is 6.07 Å². The van der Waals surface area contributed by atoms with E-state index < -0.39 is 0 Å². The van der Waals surface area contributed by atoms with Crippen LogP contribution in [0, 0.1) is 11.3 Å². The van der Waals surface area contributed by atoms with Crippen LogP contribution in [0.2, 0.25) is 0 Å². The lowest BCUT2D eigenvalue weighted by atomic mass is 10.4. The van der Waals surface area contributed by atoms with Crippen molar-refractivity contribution in [2.24, 2.45) is 0 Å². The number of rotatable bonds is 3. The van der Waals surface area contributed by atoms with Gasteiger partial charge in [0, 0.05) is 6.54 Å². The summed E-state index contributed by atoms with van der Waals surface area (Å²) in [5.74, 6) is -0.0785. The molecule has 0 aliphatic carbocycles. The van der Waals surface area contributed by atoms with E-state index in [0.29, 0.717) is 18.3 Å². The highest BCUT2D eigenvalue weighted by atomic mass is 79.9. The molecule has 1 N–H and O–H groups in total. The summed E-state index contributed by atoms with van der Waals surface area (Å²) >= 11 is 2.97. The van der Waals surface area contributed by atoms with Crippen molar-refractivity contribution in [1.82, 2.24) is 5.32 Å². The maximum absolute atomic E-state index is 10.4. The first-order chi connectivity index (χ1) is 4.31. The van der Waals surface area contributed by atoms with Crippen LogP contribution in [0.1, 0.15) is 6.42 Å². The first-order valence-corrected chi connectivity index (χ1v) is 3.63. The molecule has 0 aliphatic rings. The van der Waals surface area contributed by atoms with Crippen LogP contribution in [0.4, 0.5) is 0 Å². The summed E-state index contributed by atoms with van der Waals surface area (Å²) < 4.78 is 0. The van der Waals surface area contributed by atoms with Gasteiger partial charge in [-0.1, -0.05) is 15.9 Å². The van der Waals surface area contributed by atoms with E-state index >= 15 is 0 Å². The van der Waals surface area contributed by atoms with Gasteiger partial charge in [-0.05, 0) is 0 Å². The van der Waals surface area contributed by atoms with Crippen LogP contribution in [0.25, 0.3) is 0 Å². The minimum absolute atomic E-state index is 0.0785. The topological polar surface area (TPSA) is 52.9 Å². The fourth-order valence-electron chi connectivity index (χ4n) is 0.305. The van der Waals surface area contributed by atoms with Gasteiger partial charge in [-0.25, -0.2) is 0 Å². The highest BCUT2D eigenvalue weighted by molar-refractivity contribution is 9.09. The number of halogens is 1. The van der Waals surface area contributed by atoms with E-state index in [1.54, 1.807) is 0 Å². The maximum Gasteiger partial charge on any atom is 0.230 e. The Morgan fingerprint density at radius 2 is 2.44 bits per heavy atom. The quantitative estimate of drug-likeness (QED) is 0.518. The van der Waals surface area contributed by atoms with Gasteiger partial charge in [0.15, 0.2) is 0 Å². The van der Waals surface area contributed by atoms with E-state index in [2.05, 4.69) is 21.2 Å². The van der Waals surface area contributed by atoms with E-state index in [9.17, 15) is 4.79 Å². The van der Waals surface area contributed by atoms with E-state index in [1.165, 1.54) is 0 Å². The standard InChI is InChI=1S/C5H7BrN2O/c6-4-5(9)8-3-1-2-7/h1,3-4H2,(H,8,9). The Hall–Kier alpha value is -0.560. The largest absolute Gasteiger partial charge is 0.354 e. The Morgan fingerprint density at radius 1 is 1.78 bits per heavy atom. The van der Waals surface area contributed by atoms with Crippen LogP contribution in [0.15, 0.2) is 0 Å². The van der Waals surface area contributed by atoms with Crippen molar-refractivity contribution >= 4 is 21.8 Å². The molecule has 0 saturated heterocycles. The van der Waals surface area contributed by atoms with Gasteiger partial charge in [0.05, 0.1) is 17.8 Å². The van der Waals surface area contributed by atoms with Gasteiger partial charge < -0.3 is 5.32 Å². The maximum atomic E-state index is 10.4. The van der Waals surface area contributed by atoms with E-state index in [4.69, 9.17) is 5.26 Å². The number of hydrogen-bond donors (Lipinski definition) is 1. The van der Waals surface area contributed by atoms with E-state index in [-0.39, 0.29) is 5.91 Å². The fourth-order valence-corrected chi connectivity index (χ4v) is 0.503. The fraction of sp³-hybridized carbons (Fsp3) is 0.600. The lowest BCUT2D eigenvalue weighted by Crippen LogP contribution is -2.24. The van der Waals surface area contributed by atoms with Crippen molar-refractivity contribution < 1.29 is 4.79 Å². The molecule has 9 heavy (non-hydrogen) atoms. The molecule has 0 aromatic carbocycles. The van der Waals surface area contributed by atoms with Gasteiger partial charge in [-0.15, -0.1) is 0 Å². The molecule has 0 unspecified atom stereocenters. The van der Waals surface area contributed by atoms with Crippen molar-refractivity contribution in [2.45, 2.75) is 6.42 Å². The predicted molar refractivity (Wildman–Crippen MR) is 37.0 cm³/mol. The summed E-state index contributed by atoms with van der Waals surface area (Å²) in [5, 5.41) is 10.9. The second-order valence-electron chi connectivity index (χ2n) is 1.39. The van der Waals surface area contributed by atoms with Crippen LogP contribution >= 0.6 is 15.9 Å². The van der Waals surface area contributed by atoms with E-state index in [0.717, 1.165) is 0 Å². The number of carbonyl (C=O) groups excluding carboxylic acids is 1. The molecule has 4 heteroatoms. The predicted octanol–water partition coefficient (Wildman–Crippen LogP) is 0.411. The number of nitrogens with one attached hydrogen (secondary N) is 1. The molecule has 0 radical (unpaired) electrons. The van der Waals surface area contributed by atoms with Crippen LogP contribution < -0.4 is 5.32 Å². The van der Waals surface area contributed by atoms with Crippen LogP contribution in [-0.4, -0.2) is 17.8 Å². The van der Waals surface area contributed by atoms with Crippen molar-refractivity contribution in [3.05, 3.63) is 0 Å². The third-order valence-electron chi connectivity index (χ3n) is 0.680. The molecule has 3 nitrogen and oxygen atoms in total. The highest BCUT2D eigenvalue weighted by Crippen LogP contribution is 1.78. The molecule has 1 amide bonds. The van der Waals surface area contributed by atoms with Gasteiger partial charge in [-0.2, -0.15) is 5.26 Å². The number of hydrogen-bond acceptors (Lipinski definition) is 2. The summed E-state index contributed by atoms with van der Waals surface area (Å²) in [7, 11) is 0. The van der Waals surface area contributed by atoms with Crippen LogP contribution in [0.3, 0.4) is 0 Å². The summed E-state index contributed by atoms with van der Waals surface area (Å²) in [6, 6.07) is 1.92. The minimum atomic E-state index is -0.0785. The van der Waals surface area contributed by atoms with Gasteiger partial charge in [0.25, 0.3) is 0 Å². The summed E-state index contributed by atoms with van der Waals surface area (Å²) in [5.41, 5.74) is 0. The molecule has 0 fully saturated rings. The Bertz CT molecular complexity index is 129. The molecule has 0 spiro atoms. The molecule has 0 rings (SSSR count). The van der Waals surface area contributed by atoms with Gasteiger partial charge >= 0.3 is 0 Å². The van der Waals surface area contributed by atoms with E-state index in [1.807, 2.05) is 6.07 Å². The molecular weight excluding hydrogens is 184 g/mol.